The van der Waals surface area contributed by atoms with E-state index in [9.17, 15) is 4.79 Å². The molecule has 1 aromatic heterocycles. The molecule has 0 spiro atoms. The molecular weight excluding hydrogens is 226 g/mol. The Morgan fingerprint density at radius 1 is 1.28 bits per heavy atom. The highest BCUT2D eigenvalue weighted by molar-refractivity contribution is 5.89. The van der Waals surface area contributed by atoms with Gasteiger partial charge in [0, 0.05) is 17.1 Å². The Kier molecular flexibility index (Phi) is 3.16. The summed E-state index contributed by atoms with van der Waals surface area (Å²) in [4.78, 5) is 15.2. The standard InChI is InChI=1S/C15H19NO2/c1-10(14(17)18-15(2,3)4)12-9-16-13-8-6-5-7-11(12)13/h5-10,16H,1-4H3. The Hall–Kier alpha value is -1.77. The molecule has 0 saturated carbocycles. The lowest BCUT2D eigenvalue weighted by atomic mass is 10.0. The number of aromatic amines is 1. The van der Waals surface area contributed by atoms with E-state index in [-0.39, 0.29) is 11.9 Å². The number of para-hydroxylation sites is 1. The van der Waals surface area contributed by atoms with Gasteiger partial charge in [0.1, 0.15) is 5.60 Å². The van der Waals surface area contributed by atoms with Crippen LogP contribution in [-0.4, -0.2) is 16.6 Å². The monoisotopic (exact) mass is 245 g/mol. The molecule has 0 saturated heterocycles. The van der Waals surface area contributed by atoms with Crippen LogP contribution in [0, 0.1) is 0 Å². The third kappa shape index (κ3) is 2.55. The number of carbonyl (C=O) groups is 1. The zero-order valence-electron chi connectivity index (χ0n) is 11.3. The Bertz CT molecular complexity index is 563. The maximum Gasteiger partial charge on any atom is 0.313 e. The number of fused-ring (bicyclic) bond motifs is 1. The van der Waals surface area contributed by atoms with Crippen LogP contribution >= 0.6 is 0 Å². The zero-order chi connectivity index (χ0) is 13.3. The van der Waals surface area contributed by atoms with Gasteiger partial charge in [0.25, 0.3) is 0 Å². The molecule has 0 aliphatic carbocycles. The lowest BCUT2D eigenvalue weighted by Gasteiger charge is -2.22. The predicted octanol–water partition coefficient (Wildman–Crippen LogP) is 3.61. The summed E-state index contributed by atoms with van der Waals surface area (Å²) in [5.74, 6) is -0.451. The van der Waals surface area contributed by atoms with Gasteiger partial charge in [-0.3, -0.25) is 4.79 Å². The van der Waals surface area contributed by atoms with Crippen molar-refractivity contribution >= 4 is 16.9 Å². The third-order valence-electron chi connectivity index (χ3n) is 2.85. The number of aromatic nitrogens is 1. The first-order chi connectivity index (χ1) is 8.38. The Morgan fingerprint density at radius 2 is 1.94 bits per heavy atom. The summed E-state index contributed by atoms with van der Waals surface area (Å²) in [6.07, 6.45) is 1.89. The van der Waals surface area contributed by atoms with Crippen molar-refractivity contribution in [2.45, 2.75) is 39.2 Å². The largest absolute Gasteiger partial charge is 0.460 e. The van der Waals surface area contributed by atoms with E-state index in [0.717, 1.165) is 16.5 Å². The van der Waals surface area contributed by atoms with Crippen LogP contribution in [0.3, 0.4) is 0 Å². The van der Waals surface area contributed by atoms with E-state index in [1.165, 1.54) is 0 Å². The summed E-state index contributed by atoms with van der Waals surface area (Å²) in [5, 5.41) is 1.08. The first kappa shape index (κ1) is 12.7. The molecule has 1 unspecified atom stereocenters. The van der Waals surface area contributed by atoms with E-state index >= 15 is 0 Å². The van der Waals surface area contributed by atoms with Crippen molar-refractivity contribution in [3.63, 3.8) is 0 Å². The van der Waals surface area contributed by atoms with Gasteiger partial charge in [-0.1, -0.05) is 18.2 Å². The second-order valence-corrected chi connectivity index (χ2v) is 5.54. The van der Waals surface area contributed by atoms with Crippen LogP contribution in [0.4, 0.5) is 0 Å². The van der Waals surface area contributed by atoms with E-state index < -0.39 is 5.60 Å². The zero-order valence-corrected chi connectivity index (χ0v) is 11.3. The van der Waals surface area contributed by atoms with Crippen molar-refractivity contribution in [3.8, 4) is 0 Å². The minimum Gasteiger partial charge on any atom is -0.460 e. The highest BCUT2D eigenvalue weighted by Crippen LogP contribution is 2.27. The summed E-state index contributed by atoms with van der Waals surface area (Å²) in [6.45, 7) is 7.52. The van der Waals surface area contributed by atoms with Crippen molar-refractivity contribution in [1.29, 1.82) is 0 Å². The number of esters is 1. The molecule has 96 valence electrons. The number of hydrogen-bond acceptors (Lipinski definition) is 2. The molecule has 2 aromatic rings. The molecular formula is C15H19NO2. The van der Waals surface area contributed by atoms with Crippen LogP contribution < -0.4 is 0 Å². The lowest BCUT2D eigenvalue weighted by molar-refractivity contribution is -0.156. The molecule has 0 radical (unpaired) electrons. The summed E-state index contributed by atoms with van der Waals surface area (Å²) >= 11 is 0. The Balaban J connectivity index is 2.28. The summed E-state index contributed by atoms with van der Waals surface area (Å²) in [7, 11) is 0. The van der Waals surface area contributed by atoms with Gasteiger partial charge in [0.2, 0.25) is 0 Å². The maximum absolute atomic E-state index is 12.1. The first-order valence-corrected chi connectivity index (χ1v) is 6.17. The van der Waals surface area contributed by atoms with Crippen LogP contribution in [0.15, 0.2) is 30.5 Å². The molecule has 0 fully saturated rings. The molecule has 3 nitrogen and oxygen atoms in total. The van der Waals surface area contributed by atoms with Gasteiger partial charge < -0.3 is 9.72 Å². The maximum atomic E-state index is 12.1. The Morgan fingerprint density at radius 3 is 2.61 bits per heavy atom. The minimum atomic E-state index is -0.447. The van der Waals surface area contributed by atoms with Crippen molar-refractivity contribution < 1.29 is 9.53 Å². The van der Waals surface area contributed by atoms with Crippen molar-refractivity contribution in [2.24, 2.45) is 0 Å². The number of benzene rings is 1. The van der Waals surface area contributed by atoms with Crippen molar-refractivity contribution in [1.82, 2.24) is 4.98 Å². The second kappa shape index (κ2) is 4.48. The number of carbonyl (C=O) groups excluding carboxylic acids is 1. The average Bonchev–Trinajstić information content (AvgIpc) is 2.69. The van der Waals surface area contributed by atoms with Gasteiger partial charge in [-0.2, -0.15) is 0 Å². The van der Waals surface area contributed by atoms with E-state index in [2.05, 4.69) is 4.98 Å². The Labute approximate surface area is 107 Å². The van der Waals surface area contributed by atoms with Crippen LogP contribution in [0.2, 0.25) is 0 Å². The van der Waals surface area contributed by atoms with Crippen molar-refractivity contribution in [3.05, 3.63) is 36.0 Å². The first-order valence-electron chi connectivity index (χ1n) is 6.17. The minimum absolute atomic E-state index is 0.188. The summed E-state index contributed by atoms with van der Waals surface area (Å²) < 4.78 is 5.42. The van der Waals surface area contributed by atoms with Crippen LogP contribution in [0.1, 0.15) is 39.2 Å². The van der Waals surface area contributed by atoms with Crippen LogP contribution in [-0.2, 0) is 9.53 Å². The number of rotatable bonds is 2. The molecule has 18 heavy (non-hydrogen) atoms. The molecule has 1 heterocycles. The highest BCUT2D eigenvalue weighted by atomic mass is 16.6. The van der Waals surface area contributed by atoms with Gasteiger partial charge in [-0.15, -0.1) is 0 Å². The van der Waals surface area contributed by atoms with Crippen LogP contribution in [0.25, 0.3) is 10.9 Å². The number of nitrogens with one attached hydrogen (secondary N) is 1. The summed E-state index contributed by atoms with van der Waals surface area (Å²) in [6, 6.07) is 7.96. The fraction of sp³-hybridized carbons (Fsp3) is 0.400. The van der Waals surface area contributed by atoms with Gasteiger partial charge in [0.15, 0.2) is 0 Å². The molecule has 0 aliphatic rings. The fourth-order valence-electron chi connectivity index (χ4n) is 1.97. The fourth-order valence-corrected chi connectivity index (χ4v) is 1.97. The molecule has 0 amide bonds. The number of hydrogen-bond donors (Lipinski definition) is 1. The van der Waals surface area contributed by atoms with E-state index in [4.69, 9.17) is 4.74 Å². The highest BCUT2D eigenvalue weighted by Gasteiger charge is 2.24. The molecule has 0 aliphatic heterocycles. The molecule has 0 bridgehead atoms. The smallest absolute Gasteiger partial charge is 0.313 e. The average molecular weight is 245 g/mol. The summed E-state index contributed by atoms with van der Waals surface area (Å²) in [5.41, 5.74) is 1.58. The topological polar surface area (TPSA) is 42.1 Å². The number of H-pyrrole nitrogens is 1. The second-order valence-electron chi connectivity index (χ2n) is 5.54. The van der Waals surface area contributed by atoms with E-state index in [1.807, 2.05) is 58.2 Å². The molecule has 1 N–H and O–H groups in total. The predicted molar refractivity (Wildman–Crippen MR) is 72.6 cm³/mol. The third-order valence-corrected chi connectivity index (χ3v) is 2.85. The van der Waals surface area contributed by atoms with E-state index in [1.54, 1.807) is 0 Å². The van der Waals surface area contributed by atoms with Crippen molar-refractivity contribution in [2.75, 3.05) is 0 Å². The molecule has 3 heteroatoms. The lowest BCUT2D eigenvalue weighted by Crippen LogP contribution is -2.26. The quantitative estimate of drug-likeness (QED) is 0.821. The normalized spacial score (nSPS) is 13.6. The molecule has 1 aromatic carbocycles. The molecule has 2 rings (SSSR count). The molecule has 1 atom stereocenters. The van der Waals surface area contributed by atoms with Gasteiger partial charge in [-0.05, 0) is 39.3 Å². The van der Waals surface area contributed by atoms with Gasteiger partial charge in [0.05, 0.1) is 5.92 Å². The van der Waals surface area contributed by atoms with Gasteiger partial charge >= 0.3 is 5.97 Å². The van der Waals surface area contributed by atoms with E-state index in [0.29, 0.717) is 0 Å². The SMILES string of the molecule is CC(C(=O)OC(C)(C)C)c1c[nH]c2ccccc12. The number of ether oxygens (including phenoxy) is 1. The van der Waals surface area contributed by atoms with Gasteiger partial charge in [-0.25, -0.2) is 0 Å². The van der Waals surface area contributed by atoms with Crippen LogP contribution in [0.5, 0.6) is 0 Å².